The molecule has 1 atom stereocenters. The lowest BCUT2D eigenvalue weighted by molar-refractivity contribution is -0.117. The molecule has 0 heterocycles. The number of carbonyl (C=O) groups excluding carboxylic acids is 2. The van der Waals surface area contributed by atoms with Crippen LogP contribution in [0.3, 0.4) is 0 Å². The van der Waals surface area contributed by atoms with E-state index in [0.717, 1.165) is 0 Å². The molecule has 0 fully saturated rings. The monoisotopic (exact) mass is 422 g/mol. The van der Waals surface area contributed by atoms with Gasteiger partial charge in [0.1, 0.15) is 0 Å². The lowest BCUT2D eigenvalue weighted by Crippen LogP contribution is -2.41. The zero-order valence-electron chi connectivity index (χ0n) is 16.4. The molecule has 10 heteroatoms. The van der Waals surface area contributed by atoms with Crippen LogP contribution in [-0.2, 0) is 19.6 Å². The van der Waals surface area contributed by atoms with Gasteiger partial charge in [-0.15, -0.1) is 0 Å². The largest absolute Gasteiger partial charge is 0.493 e. The Hall–Kier alpha value is -3.11. The minimum atomic E-state index is -4.02. The second-order valence-corrected chi connectivity index (χ2v) is 7.60. The molecule has 156 valence electrons. The molecule has 0 bridgehead atoms. The molecule has 2 N–H and O–H groups in total. The topological polar surface area (TPSA) is 120 Å². The summed E-state index contributed by atoms with van der Waals surface area (Å²) in [5.41, 5.74) is 0.361. The molecule has 2 aromatic carbocycles. The van der Waals surface area contributed by atoms with E-state index in [0.29, 0.717) is 5.75 Å². The number of ether oxygens (including phenoxy) is 3. The Morgan fingerprint density at radius 2 is 1.62 bits per heavy atom. The predicted molar refractivity (Wildman–Crippen MR) is 106 cm³/mol. The Labute approximate surface area is 169 Å². The highest BCUT2D eigenvalue weighted by Crippen LogP contribution is 2.29. The van der Waals surface area contributed by atoms with Crippen LogP contribution in [0.25, 0.3) is 0 Å². The van der Waals surface area contributed by atoms with Gasteiger partial charge in [-0.3, -0.25) is 4.79 Å². The normalized spacial score (nSPS) is 12.0. The summed E-state index contributed by atoms with van der Waals surface area (Å²) in [7, 11) is 0.0183. The van der Waals surface area contributed by atoms with E-state index in [-0.39, 0.29) is 21.9 Å². The molecule has 29 heavy (non-hydrogen) atoms. The Bertz CT molecular complexity index is 1010. The van der Waals surface area contributed by atoms with Crippen LogP contribution >= 0.6 is 0 Å². The van der Waals surface area contributed by atoms with E-state index in [4.69, 9.17) is 9.47 Å². The lowest BCUT2D eigenvalue weighted by Gasteiger charge is -2.16. The van der Waals surface area contributed by atoms with Crippen LogP contribution in [0.2, 0.25) is 0 Å². The maximum absolute atomic E-state index is 12.6. The summed E-state index contributed by atoms with van der Waals surface area (Å²) in [6.45, 7) is 1.38. The first kappa shape index (κ1) is 22.2. The third-order valence-electron chi connectivity index (χ3n) is 3.98. The first-order valence-electron chi connectivity index (χ1n) is 8.46. The summed E-state index contributed by atoms with van der Waals surface area (Å²) in [4.78, 5) is 24.2. The van der Waals surface area contributed by atoms with Gasteiger partial charge in [0.25, 0.3) is 0 Å². The summed E-state index contributed by atoms with van der Waals surface area (Å²) in [6, 6.07) is 9.19. The Balaban J connectivity index is 2.18. The number of rotatable bonds is 8. The van der Waals surface area contributed by atoms with E-state index in [1.165, 1.54) is 58.6 Å². The average molecular weight is 422 g/mol. The summed E-state index contributed by atoms with van der Waals surface area (Å²) >= 11 is 0. The molecular formula is C19H22N2O7S. The van der Waals surface area contributed by atoms with Gasteiger partial charge in [0.05, 0.1) is 43.5 Å². The minimum Gasteiger partial charge on any atom is -0.493 e. The Morgan fingerprint density at radius 1 is 0.966 bits per heavy atom. The molecule has 0 aliphatic heterocycles. The molecule has 0 aliphatic carbocycles. The number of methoxy groups -OCH3 is 3. The van der Waals surface area contributed by atoms with Crippen molar-refractivity contribution in [1.82, 2.24) is 4.72 Å². The fourth-order valence-electron chi connectivity index (χ4n) is 2.46. The van der Waals surface area contributed by atoms with Crippen molar-refractivity contribution in [2.75, 3.05) is 26.6 Å². The summed E-state index contributed by atoms with van der Waals surface area (Å²) in [5, 5.41) is 2.53. The van der Waals surface area contributed by atoms with E-state index in [2.05, 4.69) is 14.8 Å². The first-order chi connectivity index (χ1) is 13.7. The van der Waals surface area contributed by atoms with E-state index < -0.39 is 27.9 Å². The zero-order valence-corrected chi connectivity index (χ0v) is 17.2. The molecule has 2 rings (SSSR count). The Morgan fingerprint density at radius 3 is 2.24 bits per heavy atom. The highest BCUT2D eigenvalue weighted by atomic mass is 32.2. The van der Waals surface area contributed by atoms with E-state index >= 15 is 0 Å². The number of hydrogen-bond donors (Lipinski definition) is 2. The predicted octanol–water partition coefficient (Wildman–Crippen LogP) is 1.80. The Kier molecular flexibility index (Phi) is 7.18. The van der Waals surface area contributed by atoms with E-state index in [9.17, 15) is 18.0 Å². The molecule has 0 spiro atoms. The van der Waals surface area contributed by atoms with Crippen LogP contribution in [0.15, 0.2) is 47.4 Å². The van der Waals surface area contributed by atoms with Crippen molar-refractivity contribution in [2.24, 2.45) is 0 Å². The molecule has 0 saturated heterocycles. The van der Waals surface area contributed by atoms with Gasteiger partial charge in [-0.05, 0) is 31.2 Å². The van der Waals surface area contributed by atoms with Gasteiger partial charge in [0, 0.05) is 6.07 Å². The van der Waals surface area contributed by atoms with E-state index in [1.54, 1.807) is 12.1 Å². The van der Waals surface area contributed by atoms with Crippen molar-refractivity contribution >= 4 is 27.6 Å². The molecule has 0 radical (unpaired) electrons. The lowest BCUT2D eigenvalue weighted by atomic mass is 10.1. The molecule has 2 aromatic rings. The summed E-state index contributed by atoms with van der Waals surface area (Å²) in [6.07, 6.45) is 0. The summed E-state index contributed by atoms with van der Waals surface area (Å²) in [5.74, 6) is -0.666. The van der Waals surface area contributed by atoms with Crippen LogP contribution < -0.4 is 19.5 Å². The van der Waals surface area contributed by atoms with Gasteiger partial charge in [-0.2, -0.15) is 4.72 Å². The van der Waals surface area contributed by atoms with Crippen molar-refractivity contribution in [3.8, 4) is 11.5 Å². The van der Waals surface area contributed by atoms with Crippen molar-refractivity contribution in [2.45, 2.75) is 17.9 Å². The van der Waals surface area contributed by atoms with Gasteiger partial charge < -0.3 is 19.5 Å². The number of carbonyl (C=O) groups is 2. The fraction of sp³-hybridized carbons (Fsp3) is 0.263. The van der Waals surface area contributed by atoms with Gasteiger partial charge in [-0.25, -0.2) is 13.2 Å². The quantitative estimate of drug-likeness (QED) is 0.622. The molecule has 0 saturated carbocycles. The number of sulfonamides is 1. The van der Waals surface area contributed by atoms with Crippen molar-refractivity contribution in [3.05, 3.63) is 48.0 Å². The third-order valence-corrected chi connectivity index (χ3v) is 5.52. The van der Waals surface area contributed by atoms with Crippen molar-refractivity contribution < 1.29 is 32.2 Å². The number of hydrogen-bond acceptors (Lipinski definition) is 7. The fourth-order valence-corrected chi connectivity index (χ4v) is 3.68. The van der Waals surface area contributed by atoms with Crippen LogP contribution in [0.5, 0.6) is 11.5 Å². The van der Waals surface area contributed by atoms with Crippen LogP contribution in [0.1, 0.15) is 17.3 Å². The summed E-state index contributed by atoms with van der Waals surface area (Å²) < 4.78 is 42.4. The number of nitrogens with one attached hydrogen (secondary N) is 2. The number of anilines is 1. The molecule has 1 amide bonds. The molecule has 0 unspecified atom stereocenters. The van der Waals surface area contributed by atoms with Crippen molar-refractivity contribution in [3.63, 3.8) is 0 Å². The minimum absolute atomic E-state index is 0.0928. The maximum atomic E-state index is 12.6. The molecular weight excluding hydrogens is 400 g/mol. The zero-order chi connectivity index (χ0) is 21.6. The number of amides is 1. The second kappa shape index (κ2) is 9.39. The number of benzene rings is 2. The van der Waals surface area contributed by atoms with Crippen LogP contribution in [-0.4, -0.2) is 47.7 Å². The number of para-hydroxylation sites is 1. The highest BCUT2D eigenvalue weighted by Gasteiger charge is 2.24. The van der Waals surface area contributed by atoms with Gasteiger partial charge >= 0.3 is 5.97 Å². The smallest absolute Gasteiger partial charge is 0.339 e. The average Bonchev–Trinajstić information content (AvgIpc) is 2.72. The van der Waals surface area contributed by atoms with Crippen molar-refractivity contribution in [1.29, 1.82) is 0 Å². The van der Waals surface area contributed by atoms with Crippen LogP contribution in [0, 0.1) is 0 Å². The second-order valence-electron chi connectivity index (χ2n) is 5.89. The molecule has 0 aromatic heterocycles. The maximum Gasteiger partial charge on any atom is 0.339 e. The van der Waals surface area contributed by atoms with Gasteiger partial charge in [0.15, 0.2) is 11.5 Å². The highest BCUT2D eigenvalue weighted by molar-refractivity contribution is 7.89. The first-order valence-corrected chi connectivity index (χ1v) is 9.94. The molecule has 9 nitrogen and oxygen atoms in total. The van der Waals surface area contributed by atoms with E-state index in [1.807, 2.05) is 0 Å². The third kappa shape index (κ3) is 5.24. The van der Waals surface area contributed by atoms with Gasteiger partial charge in [0.2, 0.25) is 15.9 Å². The SMILES string of the molecule is COC(=O)c1ccccc1NC(=O)[C@@H](C)NS(=O)(=O)c1ccc(OC)c(OC)c1. The van der Waals surface area contributed by atoms with Gasteiger partial charge in [-0.1, -0.05) is 12.1 Å². The molecule has 0 aliphatic rings. The van der Waals surface area contributed by atoms with Crippen LogP contribution in [0.4, 0.5) is 5.69 Å². The standard InChI is InChI=1S/C19H22N2O7S/c1-12(18(22)20-15-8-6-5-7-14(15)19(23)28-4)21-29(24,25)13-9-10-16(26-2)17(11-13)27-3/h5-12,21H,1-4H3,(H,20,22)/t12-/m1/s1. The number of esters is 1.